The number of hydrogen-bond acceptors (Lipinski definition) is 4. The molecule has 7 heteroatoms. The number of amides is 1. The van der Waals surface area contributed by atoms with Crippen molar-refractivity contribution in [3.05, 3.63) is 47.5 Å². The van der Waals surface area contributed by atoms with Crippen molar-refractivity contribution in [3.63, 3.8) is 0 Å². The van der Waals surface area contributed by atoms with E-state index >= 15 is 0 Å². The zero-order chi connectivity index (χ0) is 20.9. The van der Waals surface area contributed by atoms with Gasteiger partial charge in [-0.25, -0.2) is 0 Å². The van der Waals surface area contributed by atoms with Crippen LogP contribution in [0, 0.1) is 16.7 Å². The number of piperidine rings is 1. The van der Waals surface area contributed by atoms with Crippen LogP contribution in [0.3, 0.4) is 0 Å². The van der Waals surface area contributed by atoms with E-state index in [0.29, 0.717) is 37.1 Å². The minimum absolute atomic E-state index is 0.0617. The number of carbonyl (C=O) groups is 3. The number of nitrogen functional groups attached to an aromatic ring is 1. The zero-order valence-electron chi connectivity index (χ0n) is 16.3. The molecule has 1 fully saturated rings. The first-order valence-corrected chi connectivity index (χ1v) is 9.29. The lowest BCUT2D eigenvalue weighted by molar-refractivity contribution is -0.140. The molecule has 7 nitrogen and oxygen atoms in total. The largest absolute Gasteiger partial charge is 0.481 e. The van der Waals surface area contributed by atoms with Gasteiger partial charge in [0.1, 0.15) is 5.84 Å². The molecule has 1 heterocycles. The molecule has 1 amide bonds. The second-order valence-corrected chi connectivity index (χ2v) is 7.74. The Morgan fingerprint density at radius 3 is 2.21 bits per heavy atom. The predicted octanol–water partition coefficient (Wildman–Crippen LogP) is 2.45. The Bertz CT molecular complexity index is 788. The fourth-order valence-corrected chi connectivity index (χ4v) is 3.26. The lowest BCUT2D eigenvalue weighted by Gasteiger charge is -2.35. The fourth-order valence-electron chi connectivity index (χ4n) is 3.26. The van der Waals surface area contributed by atoms with Crippen LogP contribution in [0.4, 0.5) is 0 Å². The van der Waals surface area contributed by atoms with E-state index in [4.69, 9.17) is 16.2 Å². The third-order valence-corrected chi connectivity index (χ3v) is 5.05. The van der Waals surface area contributed by atoms with Gasteiger partial charge in [-0.05, 0) is 38.7 Å². The van der Waals surface area contributed by atoms with Gasteiger partial charge in [0.2, 0.25) is 5.91 Å². The second-order valence-electron chi connectivity index (χ2n) is 7.74. The number of nitrogens with one attached hydrogen (secondary N) is 1. The first kappa shape index (κ1) is 21.3. The van der Waals surface area contributed by atoms with E-state index < -0.39 is 11.4 Å². The van der Waals surface area contributed by atoms with Gasteiger partial charge in [-0.15, -0.1) is 0 Å². The highest BCUT2D eigenvalue weighted by molar-refractivity contribution is 6.05. The summed E-state index contributed by atoms with van der Waals surface area (Å²) in [7, 11) is 0. The minimum Gasteiger partial charge on any atom is -0.481 e. The van der Waals surface area contributed by atoms with Gasteiger partial charge in [-0.1, -0.05) is 30.3 Å². The van der Waals surface area contributed by atoms with Crippen LogP contribution in [0.2, 0.25) is 0 Å². The first-order valence-electron chi connectivity index (χ1n) is 9.29. The van der Waals surface area contributed by atoms with E-state index in [1.165, 1.54) is 6.08 Å². The number of amidine groups is 1. The van der Waals surface area contributed by atoms with Crippen LogP contribution < -0.4 is 5.73 Å². The Balaban J connectivity index is 1.97. The number of benzene rings is 1. The smallest absolute Gasteiger partial charge is 0.303 e. The number of ketones is 1. The quantitative estimate of drug-likeness (QED) is 0.288. The standard InChI is InChI=1S/C21H27N3O4/c1-21(2,20(28)24-11-8-14(9-12-24)13-18(26)27)10-7-17(25)15-3-5-16(6-4-15)19(22)23/h3-7,10,14H,8-9,11-13H2,1-2H3,(H3,22,23)(H,26,27)/b10-7+. The molecular weight excluding hydrogens is 358 g/mol. The molecule has 2 rings (SSSR count). The van der Waals surface area contributed by atoms with E-state index in [1.54, 1.807) is 49.1 Å². The minimum atomic E-state index is -0.839. The lowest BCUT2D eigenvalue weighted by Crippen LogP contribution is -2.44. The average molecular weight is 385 g/mol. The third-order valence-electron chi connectivity index (χ3n) is 5.05. The molecule has 150 valence electrons. The van der Waals surface area contributed by atoms with Gasteiger partial charge in [0.05, 0.1) is 5.41 Å². The molecule has 0 atom stereocenters. The van der Waals surface area contributed by atoms with Gasteiger partial charge >= 0.3 is 5.97 Å². The molecule has 0 aromatic heterocycles. The predicted molar refractivity (Wildman–Crippen MR) is 106 cm³/mol. The van der Waals surface area contributed by atoms with Crippen LogP contribution >= 0.6 is 0 Å². The summed E-state index contributed by atoms with van der Waals surface area (Å²) in [6.07, 6.45) is 4.51. The molecule has 4 N–H and O–H groups in total. The Labute approximate surface area is 164 Å². The van der Waals surface area contributed by atoms with Gasteiger partial charge in [-0.2, -0.15) is 0 Å². The molecule has 0 saturated carbocycles. The van der Waals surface area contributed by atoms with Crippen molar-refractivity contribution in [1.82, 2.24) is 4.90 Å². The maximum atomic E-state index is 12.8. The maximum Gasteiger partial charge on any atom is 0.303 e. The molecule has 0 spiro atoms. The summed E-state index contributed by atoms with van der Waals surface area (Å²) >= 11 is 0. The summed E-state index contributed by atoms with van der Waals surface area (Å²) in [6, 6.07) is 6.43. The van der Waals surface area contributed by atoms with E-state index in [1.807, 2.05) is 0 Å². The fraction of sp³-hybridized carbons (Fsp3) is 0.429. The van der Waals surface area contributed by atoms with Crippen LogP contribution in [0.5, 0.6) is 0 Å². The Kier molecular flexibility index (Phi) is 6.72. The molecule has 1 aliphatic rings. The summed E-state index contributed by atoms with van der Waals surface area (Å²) < 4.78 is 0. The van der Waals surface area contributed by atoms with Crippen LogP contribution in [0.25, 0.3) is 0 Å². The van der Waals surface area contributed by atoms with E-state index in [9.17, 15) is 14.4 Å². The monoisotopic (exact) mass is 385 g/mol. The number of rotatable bonds is 7. The van der Waals surface area contributed by atoms with Crippen molar-refractivity contribution in [1.29, 1.82) is 5.41 Å². The average Bonchev–Trinajstić information content (AvgIpc) is 2.65. The van der Waals surface area contributed by atoms with Crippen LogP contribution in [0.1, 0.15) is 49.0 Å². The molecule has 0 radical (unpaired) electrons. The molecule has 0 aliphatic carbocycles. The summed E-state index contributed by atoms with van der Waals surface area (Å²) in [4.78, 5) is 37.8. The molecule has 1 aliphatic heterocycles. The Morgan fingerprint density at radius 1 is 1.18 bits per heavy atom. The maximum absolute atomic E-state index is 12.8. The number of carboxylic acids is 1. The van der Waals surface area contributed by atoms with Gasteiger partial charge in [0.15, 0.2) is 5.78 Å². The Hall–Kier alpha value is -2.96. The number of carbonyl (C=O) groups excluding carboxylic acids is 2. The van der Waals surface area contributed by atoms with Crippen LogP contribution in [-0.4, -0.2) is 46.6 Å². The normalized spacial score (nSPS) is 15.6. The Morgan fingerprint density at radius 2 is 1.71 bits per heavy atom. The topological polar surface area (TPSA) is 125 Å². The highest BCUT2D eigenvalue weighted by Crippen LogP contribution is 2.27. The van der Waals surface area contributed by atoms with Crippen LogP contribution in [0.15, 0.2) is 36.4 Å². The number of carboxylic acid groups (broad SMARTS) is 1. The molecular formula is C21H27N3O4. The van der Waals surface area contributed by atoms with Crippen molar-refractivity contribution < 1.29 is 19.5 Å². The molecule has 1 saturated heterocycles. The van der Waals surface area contributed by atoms with Crippen molar-refractivity contribution in [2.45, 2.75) is 33.1 Å². The first-order chi connectivity index (χ1) is 13.1. The molecule has 1 aromatic rings. The molecule has 0 bridgehead atoms. The van der Waals surface area contributed by atoms with Crippen molar-refractivity contribution in [2.75, 3.05) is 13.1 Å². The van der Waals surface area contributed by atoms with Crippen LogP contribution in [-0.2, 0) is 9.59 Å². The third kappa shape index (κ3) is 5.52. The van der Waals surface area contributed by atoms with Gasteiger partial charge < -0.3 is 15.7 Å². The SMILES string of the molecule is CC(C)(/C=C/C(=O)c1ccc(C(=N)N)cc1)C(=O)N1CCC(CC(=O)O)CC1. The molecule has 1 aromatic carbocycles. The van der Waals surface area contributed by atoms with Gasteiger partial charge in [0.25, 0.3) is 0 Å². The highest BCUT2D eigenvalue weighted by Gasteiger charge is 2.32. The number of likely N-dealkylation sites (tertiary alicyclic amines) is 1. The van der Waals surface area contributed by atoms with E-state index in [-0.39, 0.29) is 29.9 Å². The highest BCUT2D eigenvalue weighted by atomic mass is 16.4. The summed E-state index contributed by atoms with van der Waals surface area (Å²) in [5, 5.41) is 16.3. The number of allylic oxidation sites excluding steroid dienone is 1. The number of nitrogens with two attached hydrogens (primary N) is 1. The van der Waals surface area contributed by atoms with Gasteiger partial charge in [0, 0.05) is 30.6 Å². The van der Waals surface area contributed by atoms with Crippen molar-refractivity contribution >= 4 is 23.5 Å². The number of aliphatic carboxylic acids is 1. The number of nitrogens with zero attached hydrogens (tertiary/aromatic N) is 1. The van der Waals surface area contributed by atoms with Crippen molar-refractivity contribution in [2.24, 2.45) is 17.1 Å². The van der Waals surface area contributed by atoms with E-state index in [0.717, 1.165) is 0 Å². The van der Waals surface area contributed by atoms with Gasteiger partial charge in [-0.3, -0.25) is 19.8 Å². The summed E-state index contributed by atoms with van der Waals surface area (Å²) in [5.74, 6) is -1.05. The van der Waals surface area contributed by atoms with E-state index in [2.05, 4.69) is 0 Å². The molecule has 0 unspecified atom stereocenters. The zero-order valence-corrected chi connectivity index (χ0v) is 16.3. The second kappa shape index (κ2) is 8.82. The molecule has 28 heavy (non-hydrogen) atoms. The lowest BCUT2D eigenvalue weighted by atomic mass is 9.87. The van der Waals surface area contributed by atoms with Crippen molar-refractivity contribution in [3.8, 4) is 0 Å². The summed E-state index contributed by atoms with van der Waals surface area (Å²) in [6.45, 7) is 4.60. The summed E-state index contributed by atoms with van der Waals surface area (Å²) in [5.41, 5.74) is 5.57. The number of hydrogen-bond donors (Lipinski definition) is 3.